The Balaban J connectivity index is 1.44. The molecule has 4 aromatic rings. The molecule has 4 rings (SSSR count). The highest BCUT2D eigenvalue weighted by Gasteiger charge is 2.29. The predicted octanol–water partition coefficient (Wildman–Crippen LogP) is 3.51. The zero-order chi connectivity index (χ0) is 38.7. The van der Waals surface area contributed by atoms with Gasteiger partial charge in [-0.1, -0.05) is 110 Å². The molecular formula is C42H51N7O5. The van der Waals surface area contributed by atoms with E-state index in [4.69, 9.17) is 11.5 Å². The lowest BCUT2D eigenvalue weighted by atomic mass is 10.0. The van der Waals surface area contributed by atoms with Crippen molar-refractivity contribution >= 4 is 29.6 Å². The quantitative estimate of drug-likeness (QED) is 0.0409. The fourth-order valence-corrected chi connectivity index (χ4v) is 5.93. The van der Waals surface area contributed by atoms with Crippen LogP contribution in [0.4, 0.5) is 0 Å². The summed E-state index contributed by atoms with van der Waals surface area (Å²) in [5.41, 5.74) is 15.6. The lowest BCUT2D eigenvalue weighted by Gasteiger charge is -2.25. The fraction of sp³-hybridized carbons (Fsp3) is 0.310. The van der Waals surface area contributed by atoms with Crippen LogP contribution in [0.5, 0.6) is 5.75 Å². The molecule has 3 atom stereocenters. The second-order valence-electron chi connectivity index (χ2n) is 13.1. The zero-order valence-electron chi connectivity index (χ0n) is 30.7. The summed E-state index contributed by atoms with van der Waals surface area (Å²) in [4.78, 5) is 58.3. The van der Waals surface area contributed by atoms with Gasteiger partial charge in [0.15, 0.2) is 5.96 Å². The number of phenolic OH excluding ortho intramolecular Hbond substituents is 1. The first kappa shape index (κ1) is 40.6. The monoisotopic (exact) mass is 733 g/mol. The van der Waals surface area contributed by atoms with E-state index in [0.29, 0.717) is 37.8 Å². The number of carbonyl (C=O) groups is 4. The van der Waals surface area contributed by atoms with E-state index in [9.17, 15) is 24.3 Å². The molecule has 9 N–H and O–H groups in total. The highest BCUT2D eigenvalue weighted by Crippen LogP contribution is 2.19. The predicted molar refractivity (Wildman–Crippen MR) is 211 cm³/mol. The molecule has 0 aliphatic rings. The van der Waals surface area contributed by atoms with Crippen molar-refractivity contribution in [2.45, 2.75) is 70.0 Å². The number of nitrogens with one attached hydrogen (secondary N) is 4. The maximum atomic E-state index is 13.9. The number of hydrogen-bond acceptors (Lipinski definition) is 6. The molecule has 54 heavy (non-hydrogen) atoms. The average molecular weight is 734 g/mol. The number of amides is 4. The van der Waals surface area contributed by atoms with Gasteiger partial charge in [0.2, 0.25) is 23.6 Å². The highest BCUT2D eigenvalue weighted by atomic mass is 16.3. The fourth-order valence-electron chi connectivity index (χ4n) is 5.93. The molecule has 4 amide bonds. The molecule has 0 spiro atoms. The summed E-state index contributed by atoms with van der Waals surface area (Å²) in [5.74, 6) is -1.84. The van der Waals surface area contributed by atoms with E-state index in [1.807, 2.05) is 91.9 Å². The molecule has 0 fully saturated rings. The van der Waals surface area contributed by atoms with E-state index < -0.39 is 35.8 Å². The second kappa shape index (κ2) is 21.4. The molecule has 0 saturated carbocycles. The third-order valence-corrected chi connectivity index (χ3v) is 8.80. The summed E-state index contributed by atoms with van der Waals surface area (Å²) >= 11 is 0. The van der Waals surface area contributed by atoms with Crippen molar-refractivity contribution in [2.75, 3.05) is 13.1 Å². The molecule has 284 valence electrons. The van der Waals surface area contributed by atoms with Gasteiger partial charge >= 0.3 is 0 Å². The van der Waals surface area contributed by atoms with Crippen molar-refractivity contribution in [2.24, 2.45) is 16.5 Å². The van der Waals surface area contributed by atoms with Gasteiger partial charge in [-0.2, -0.15) is 0 Å². The van der Waals surface area contributed by atoms with E-state index in [0.717, 1.165) is 22.3 Å². The smallest absolute Gasteiger partial charge is 0.243 e. The molecule has 12 heteroatoms. The standard InChI is InChI=1S/C42H51N7O5/c1-2-10-35(47-38(51)28-31-16-20-33(21-17-31)32-13-7-4-8-14-32)40(53)48-36(15-9-25-46-42(43)44)41(54)49-37(27-30-18-22-34(50)23-19-30)39(52)45-26-24-29-11-5-3-6-12-29/h3-8,11-14,16-23,35-37,50H,2,9-10,15,24-28H2,1H3,(H,45,52)(H,47,51)(H,48,53)(H,49,54)(H4,43,44,46)/t35?,36-,37?/m1/s1. The van der Waals surface area contributed by atoms with Crippen LogP contribution in [0.15, 0.2) is 114 Å². The molecule has 0 radical (unpaired) electrons. The number of phenols is 1. The first-order valence-electron chi connectivity index (χ1n) is 18.3. The van der Waals surface area contributed by atoms with Crippen LogP contribution in [0.1, 0.15) is 49.3 Å². The number of carbonyl (C=O) groups excluding carboxylic acids is 4. The molecule has 0 heterocycles. The summed E-state index contributed by atoms with van der Waals surface area (Å²) in [7, 11) is 0. The van der Waals surface area contributed by atoms with Gasteiger partial charge in [0, 0.05) is 19.5 Å². The van der Waals surface area contributed by atoms with Gasteiger partial charge in [0.25, 0.3) is 0 Å². The van der Waals surface area contributed by atoms with Gasteiger partial charge in [0.05, 0.1) is 6.42 Å². The maximum absolute atomic E-state index is 13.9. The molecule has 2 unspecified atom stereocenters. The van der Waals surface area contributed by atoms with Gasteiger partial charge in [-0.25, -0.2) is 0 Å². The molecule has 0 aliphatic carbocycles. The van der Waals surface area contributed by atoms with Crippen LogP contribution in [0.3, 0.4) is 0 Å². The number of hydrogen-bond donors (Lipinski definition) is 7. The number of aromatic hydroxyl groups is 1. The Bertz CT molecular complexity index is 1810. The van der Waals surface area contributed by atoms with Crippen LogP contribution in [0, 0.1) is 0 Å². The van der Waals surface area contributed by atoms with Gasteiger partial charge in [-0.15, -0.1) is 0 Å². The van der Waals surface area contributed by atoms with Crippen LogP contribution < -0.4 is 32.7 Å². The Morgan fingerprint density at radius 2 is 1.22 bits per heavy atom. The summed E-state index contributed by atoms with van der Waals surface area (Å²) in [6.45, 7) is 2.47. The Morgan fingerprint density at radius 1 is 0.648 bits per heavy atom. The summed E-state index contributed by atoms with van der Waals surface area (Å²) in [6, 6.07) is 30.7. The van der Waals surface area contributed by atoms with Crippen LogP contribution in [0.2, 0.25) is 0 Å². The van der Waals surface area contributed by atoms with Crippen molar-refractivity contribution in [1.29, 1.82) is 0 Å². The SMILES string of the molecule is CCCC(NC(=O)Cc1ccc(-c2ccccc2)cc1)C(=O)N[C@H](CCCN=C(N)N)C(=O)NC(Cc1ccc(O)cc1)C(=O)NCCc1ccccc1. The van der Waals surface area contributed by atoms with Crippen molar-refractivity contribution in [3.05, 3.63) is 126 Å². The molecule has 12 nitrogen and oxygen atoms in total. The number of nitrogens with two attached hydrogens (primary N) is 2. The molecule has 0 bridgehead atoms. The number of benzene rings is 4. The third kappa shape index (κ3) is 13.8. The summed E-state index contributed by atoms with van der Waals surface area (Å²) in [6.07, 6.45) is 2.27. The zero-order valence-corrected chi connectivity index (χ0v) is 30.7. The Labute approximate surface area is 316 Å². The summed E-state index contributed by atoms with van der Waals surface area (Å²) < 4.78 is 0. The van der Waals surface area contributed by atoms with Crippen molar-refractivity contribution < 1.29 is 24.3 Å². The summed E-state index contributed by atoms with van der Waals surface area (Å²) in [5, 5.41) is 21.2. The maximum Gasteiger partial charge on any atom is 0.243 e. The molecule has 4 aromatic carbocycles. The third-order valence-electron chi connectivity index (χ3n) is 8.80. The highest BCUT2D eigenvalue weighted by molar-refractivity contribution is 5.94. The van der Waals surface area contributed by atoms with E-state index in [1.165, 1.54) is 12.1 Å². The van der Waals surface area contributed by atoms with Crippen LogP contribution >= 0.6 is 0 Å². The van der Waals surface area contributed by atoms with Crippen LogP contribution in [0.25, 0.3) is 11.1 Å². The van der Waals surface area contributed by atoms with E-state index in [-0.39, 0.29) is 43.4 Å². The molecule has 0 aliphatic heterocycles. The Hall–Kier alpha value is -6.17. The number of nitrogens with zero attached hydrogens (tertiary/aromatic N) is 1. The minimum atomic E-state index is -1.06. The molecule has 0 aromatic heterocycles. The lowest BCUT2D eigenvalue weighted by molar-refractivity contribution is -0.133. The van der Waals surface area contributed by atoms with E-state index in [1.54, 1.807) is 12.1 Å². The average Bonchev–Trinajstić information content (AvgIpc) is 3.17. The minimum Gasteiger partial charge on any atom is -0.508 e. The first-order chi connectivity index (χ1) is 26.1. The topological polar surface area (TPSA) is 201 Å². The van der Waals surface area contributed by atoms with Gasteiger partial charge in [-0.05, 0) is 65.6 Å². The Morgan fingerprint density at radius 3 is 1.85 bits per heavy atom. The van der Waals surface area contributed by atoms with E-state index >= 15 is 0 Å². The van der Waals surface area contributed by atoms with Gasteiger partial charge in [0.1, 0.15) is 23.9 Å². The van der Waals surface area contributed by atoms with Crippen LogP contribution in [-0.4, -0.2) is 65.9 Å². The lowest BCUT2D eigenvalue weighted by Crippen LogP contribution is -2.57. The van der Waals surface area contributed by atoms with Crippen LogP contribution in [-0.2, 0) is 38.4 Å². The van der Waals surface area contributed by atoms with Gasteiger partial charge in [-0.3, -0.25) is 24.2 Å². The first-order valence-corrected chi connectivity index (χ1v) is 18.3. The normalized spacial score (nSPS) is 12.4. The van der Waals surface area contributed by atoms with E-state index in [2.05, 4.69) is 26.3 Å². The largest absolute Gasteiger partial charge is 0.508 e. The minimum absolute atomic E-state index is 0.0727. The number of rotatable bonds is 20. The molecular weight excluding hydrogens is 683 g/mol. The molecule has 0 saturated heterocycles. The van der Waals surface area contributed by atoms with Crippen molar-refractivity contribution in [1.82, 2.24) is 21.3 Å². The van der Waals surface area contributed by atoms with Gasteiger partial charge < -0.3 is 37.8 Å². The number of guanidine groups is 1. The second-order valence-corrected chi connectivity index (χ2v) is 13.1. The Kier molecular flexibility index (Phi) is 16.1. The van der Waals surface area contributed by atoms with Crippen molar-refractivity contribution in [3.63, 3.8) is 0 Å². The van der Waals surface area contributed by atoms with Crippen molar-refractivity contribution in [3.8, 4) is 16.9 Å². The number of aliphatic imine (C=N–C) groups is 1.